The second-order valence-electron chi connectivity index (χ2n) is 3.95. The Kier molecular flexibility index (Phi) is 1.94. The highest BCUT2D eigenvalue weighted by Gasteiger charge is 2.38. The van der Waals surface area contributed by atoms with Crippen LogP contribution in [-0.4, -0.2) is 5.75 Å². The summed E-state index contributed by atoms with van der Waals surface area (Å²) < 4.78 is 0. The second kappa shape index (κ2) is 2.77. The van der Waals surface area contributed by atoms with Gasteiger partial charge < -0.3 is 0 Å². The van der Waals surface area contributed by atoms with Crippen LogP contribution in [0, 0.1) is 17.8 Å². The first-order valence-electron chi connectivity index (χ1n) is 4.51. The van der Waals surface area contributed by atoms with Crippen LogP contribution in [0.15, 0.2) is 0 Å². The van der Waals surface area contributed by atoms with E-state index in [4.69, 9.17) is 0 Å². The van der Waals surface area contributed by atoms with Crippen LogP contribution in [0.2, 0.25) is 0 Å². The lowest BCUT2D eigenvalue weighted by atomic mass is 9.87. The fourth-order valence-corrected chi connectivity index (χ4v) is 3.23. The van der Waals surface area contributed by atoms with E-state index in [0.717, 1.165) is 23.5 Å². The number of thiol groups is 1. The molecule has 0 amide bonds. The van der Waals surface area contributed by atoms with E-state index in [0.29, 0.717) is 0 Å². The molecule has 0 spiro atoms. The molecule has 58 valence electrons. The van der Waals surface area contributed by atoms with Crippen LogP contribution in [0.3, 0.4) is 0 Å². The Morgan fingerprint density at radius 1 is 1.20 bits per heavy atom. The summed E-state index contributed by atoms with van der Waals surface area (Å²) in [6.45, 7) is 0. The monoisotopic (exact) mass is 156 g/mol. The van der Waals surface area contributed by atoms with Crippen molar-refractivity contribution in [3.05, 3.63) is 0 Å². The summed E-state index contributed by atoms with van der Waals surface area (Å²) in [5.74, 6) is 4.40. The Balaban J connectivity index is 1.90. The molecule has 0 nitrogen and oxygen atoms in total. The minimum absolute atomic E-state index is 1.07. The van der Waals surface area contributed by atoms with Crippen molar-refractivity contribution in [3.8, 4) is 0 Å². The SMILES string of the molecule is SCCC1CC2CCC1C2. The summed E-state index contributed by atoms with van der Waals surface area (Å²) in [7, 11) is 0. The molecule has 0 heterocycles. The van der Waals surface area contributed by atoms with Crippen LogP contribution in [0.5, 0.6) is 0 Å². The van der Waals surface area contributed by atoms with Gasteiger partial charge in [-0.1, -0.05) is 6.42 Å². The van der Waals surface area contributed by atoms with Gasteiger partial charge in [-0.3, -0.25) is 0 Å². The van der Waals surface area contributed by atoms with Crippen molar-refractivity contribution in [3.63, 3.8) is 0 Å². The van der Waals surface area contributed by atoms with E-state index in [1.165, 1.54) is 25.7 Å². The number of rotatable bonds is 2. The van der Waals surface area contributed by atoms with Crippen LogP contribution in [0.4, 0.5) is 0 Å². The number of fused-ring (bicyclic) bond motifs is 2. The van der Waals surface area contributed by atoms with Gasteiger partial charge in [0.1, 0.15) is 0 Å². The molecule has 0 aromatic carbocycles. The molecular weight excluding hydrogens is 140 g/mol. The molecule has 0 N–H and O–H groups in total. The van der Waals surface area contributed by atoms with Crippen molar-refractivity contribution in [2.75, 3.05) is 5.75 Å². The average Bonchev–Trinajstić information content (AvgIpc) is 2.48. The lowest BCUT2D eigenvalue weighted by Gasteiger charge is -2.20. The minimum Gasteiger partial charge on any atom is -0.179 e. The van der Waals surface area contributed by atoms with Gasteiger partial charge in [0.2, 0.25) is 0 Å². The van der Waals surface area contributed by atoms with Crippen molar-refractivity contribution in [1.82, 2.24) is 0 Å². The molecule has 2 fully saturated rings. The fraction of sp³-hybridized carbons (Fsp3) is 1.00. The van der Waals surface area contributed by atoms with E-state index in [2.05, 4.69) is 12.6 Å². The molecule has 2 rings (SSSR count). The smallest absolute Gasteiger partial charge is 0.00952 e. The fourth-order valence-electron chi connectivity index (χ4n) is 2.90. The predicted molar refractivity (Wildman–Crippen MR) is 47.4 cm³/mol. The zero-order valence-corrected chi connectivity index (χ0v) is 7.32. The normalized spacial score (nSPS) is 44.7. The lowest BCUT2D eigenvalue weighted by molar-refractivity contribution is 0.327. The van der Waals surface area contributed by atoms with E-state index in [9.17, 15) is 0 Å². The molecule has 10 heavy (non-hydrogen) atoms. The summed E-state index contributed by atoms with van der Waals surface area (Å²) in [5, 5.41) is 0. The molecule has 2 saturated carbocycles. The van der Waals surface area contributed by atoms with Gasteiger partial charge in [0, 0.05) is 0 Å². The average molecular weight is 156 g/mol. The molecule has 0 radical (unpaired) electrons. The van der Waals surface area contributed by atoms with E-state index < -0.39 is 0 Å². The lowest BCUT2D eigenvalue weighted by Crippen LogP contribution is -2.10. The van der Waals surface area contributed by atoms with Gasteiger partial charge >= 0.3 is 0 Å². The van der Waals surface area contributed by atoms with Crippen molar-refractivity contribution in [2.24, 2.45) is 17.8 Å². The topological polar surface area (TPSA) is 0 Å². The Bertz CT molecular complexity index is 122. The van der Waals surface area contributed by atoms with Crippen molar-refractivity contribution in [1.29, 1.82) is 0 Å². The summed E-state index contributed by atoms with van der Waals surface area (Å²) in [6, 6.07) is 0. The van der Waals surface area contributed by atoms with Crippen molar-refractivity contribution >= 4 is 12.6 Å². The molecule has 0 aromatic rings. The third-order valence-electron chi connectivity index (χ3n) is 3.38. The van der Waals surface area contributed by atoms with Gasteiger partial charge in [0.25, 0.3) is 0 Å². The first kappa shape index (κ1) is 7.02. The first-order valence-corrected chi connectivity index (χ1v) is 5.14. The Morgan fingerprint density at radius 2 is 2.10 bits per heavy atom. The van der Waals surface area contributed by atoms with Gasteiger partial charge in [-0.05, 0) is 49.2 Å². The third-order valence-corrected chi connectivity index (χ3v) is 3.64. The predicted octanol–water partition coefficient (Wildman–Crippen LogP) is 2.74. The molecule has 3 unspecified atom stereocenters. The summed E-state index contributed by atoms with van der Waals surface area (Å²) in [6.07, 6.45) is 7.53. The van der Waals surface area contributed by atoms with E-state index in [1.807, 2.05) is 0 Å². The van der Waals surface area contributed by atoms with Crippen molar-refractivity contribution in [2.45, 2.75) is 32.1 Å². The first-order chi connectivity index (χ1) is 4.90. The van der Waals surface area contributed by atoms with Gasteiger partial charge in [-0.15, -0.1) is 0 Å². The van der Waals surface area contributed by atoms with Crippen LogP contribution in [0.1, 0.15) is 32.1 Å². The Labute approximate surface area is 68.8 Å². The molecule has 3 atom stereocenters. The second-order valence-corrected chi connectivity index (χ2v) is 4.39. The van der Waals surface area contributed by atoms with Gasteiger partial charge in [0.05, 0.1) is 0 Å². The quantitative estimate of drug-likeness (QED) is 0.584. The van der Waals surface area contributed by atoms with E-state index >= 15 is 0 Å². The highest BCUT2D eigenvalue weighted by Crippen LogP contribution is 2.49. The van der Waals surface area contributed by atoms with E-state index in [1.54, 1.807) is 6.42 Å². The van der Waals surface area contributed by atoms with Crippen LogP contribution < -0.4 is 0 Å². The van der Waals surface area contributed by atoms with Crippen molar-refractivity contribution < 1.29 is 0 Å². The zero-order chi connectivity index (χ0) is 6.97. The summed E-state index contributed by atoms with van der Waals surface area (Å²) in [4.78, 5) is 0. The molecule has 2 bridgehead atoms. The Hall–Kier alpha value is 0.350. The molecule has 0 aliphatic heterocycles. The summed E-state index contributed by atoms with van der Waals surface area (Å²) in [5.41, 5.74) is 0. The molecule has 0 aromatic heterocycles. The molecule has 0 saturated heterocycles. The van der Waals surface area contributed by atoms with E-state index in [-0.39, 0.29) is 0 Å². The maximum absolute atomic E-state index is 4.29. The van der Waals surface area contributed by atoms with Crippen LogP contribution in [0.25, 0.3) is 0 Å². The summed E-state index contributed by atoms with van der Waals surface area (Å²) >= 11 is 4.29. The largest absolute Gasteiger partial charge is 0.179 e. The number of hydrogen-bond acceptors (Lipinski definition) is 1. The van der Waals surface area contributed by atoms with Gasteiger partial charge in [0.15, 0.2) is 0 Å². The minimum atomic E-state index is 1.07. The number of hydrogen-bond donors (Lipinski definition) is 1. The molecule has 2 aliphatic carbocycles. The molecule has 2 aliphatic rings. The van der Waals surface area contributed by atoms with Gasteiger partial charge in [-0.25, -0.2) is 0 Å². The van der Waals surface area contributed by atoms with Gasteiger partial charge in [-0.2, -0.15) is 12.6 Å². The highest BCUT2D eigenvalue weighted by atomic mass is 32.1. The van der Waals surface area contributed by atoms with Crippen LogP contribution in [-0.2, 0) is 0 Å². The van der Waals surface area contributed by atoms with Crippen LogP contribution >= 0.6 is 12.6 Å². The Morgan fingerprint density at radius 3 is 2.60 bits per heavy atom. The highest BCUT2D eigenvalue weighted by molar-refractivity contribution is 7.80. The zero-order valence-electron chi connectivity index (χ0n) is 6.42. The maximum Gasteiger partial charge on any atom is -0.00952 e. The maximum atomic E-state index is 4.29. The third kappa shape index (κ3) is 1.09. The molecule has 1 heteroatoms. The standard InChI is InChI=1S/C9H16S/c10-4-3-9-6-7-1-2-8(9)5-7/h7-10H,1-6H2. The molecular formula is C9H16S.